The van der Waals surface area contributed by atoms with E-state index < -0.39 is 6.10 Å². The van der Waals surface area contributed by atoms with Crippen LogP contribution < -0.4 is 10.1 Å². The lowest BCUT2D eigenvalue weighted by Gasteiger charge is -2.13. The summed E-state index contributed by atoms with van der Waals surface area (Å²) in [4.78, 5) is 11.9. The molecule has 2 N–H and O–H groups in total. The van der Waals surface area contributed by atoms with Gasteiger partial charge in [-0.3, -0.25) is 4.79 Å². The third-order valence-corrected chi connectivity index (χ3v) is 3.77. The van der Waals surface area contributed by atoms with Crippen molar-refractivity contribution in [2.45, 2.75) is 6.10 Å². The van der Waals surface area contributed by atoms with Gasteiger partial charge in [0.1, 0.15) is 18.5 Å². The first kappa shape index (κ1) is 17.1. The summed E-state index contributed by atoms with van der Waals surface area (Å²) in [6.45, 7) is 0.111. The summed E-state index contributed by atoms with van der Waals surface area (Å²) in [6, 6.07) is 17.0. The van der Waals surface area contributed by atoms with Crippen molar-refractivity contribution < 1.29 is 19.1 Å². The van der Waals surface area contributed by atoms with Gasteiger partial charge in [-0.05, 0) is 54.1 Å². The van der Waals surface area contributed by atoms with E-state index in [4.69, 9.17) is 20.8 Å². The Morgan fingerprint density at radius 1 is 1.12 bits per heavy atom. The number of hydrogen-bond donors (Lipinski definition) is 2. The molecule has 2 aromatic carbocycles. The summed E-state index contributed by atoms with van der Waals surface area (Å²) >= 11 is 5.82. The Balaban J connectivity index is 1.54. The van der Waals surface area contributed by atoms with Gasteiger partial charge in [-0.15, -0.1) is 0 Å². The maximum Gasteiger partial charge on any atom is 0.291 e. The maximum absolute atomic E-state index is 11.9. The minimum Gasteiger partial charge on any atom is -0.491 e. The molecular weight excluding hydrogens is 342 g/mol. The highest BCUT2D eigenvalue weighted by molar-refractivity contribution is 6.30. The lowest BCUT2D eigenvalue weighted by atomic mass is 10.1. The van der Waals surface area contributed by atoms with E-state index in [0.29, 0.717) is 16.5 Å². The largest absolute Gasteiger partial charge is 0.491 e. The maximum atomic E-state index is 11.9. The zero-order valence-electron chi connectivity index (χ0n) is 13.2. The number of ether oxygens (including phenoxy) is 1. The van der Waals surface area contributed by atoms with Gasteiger partial charge in [-0.25, -0.2) is 0 Å². The van der Waals surface area contributed by atoms with Crippen molar-refractivity contribution in [2.75, 3.05) is 11.9 Å². The topological polar surface area (TPSA) is 71.7 Å². The van der Waals surface area contributed by atoms with Crippen LogP contribution in [-0.4, -0.2) is 17.6 Å². The molecule has 0 spiro atoms. The molecule has 1 aromatic heterocycles. The van der Waals surface area contributed by atoms with Gasteiger partial charge in [0.25, 0.3) is 5.91 Å². The average molecular weight is 358 g/mol. The number of carbonyl (C=O) groups excluding carboxylic acids is 1. The van der Waals surface area contributed by atoms with Crippen molar-refractivity contribution in [2.24, 2.45) is 0 Å². The molecule has 0 bridgehead atoms. The van der Waals surface area contributed by atoms with E-state index in [1.807, 2.05) is 0 Å². The van der Waals surface area contributed by atoms with Gasteiger partial charge < -0.3 is 19.6 Å². The van der Waals surface area contributed by atoms with Crippen molar-refractivity contribution in [3.63, 3.8) is 0 Å². The van der Waals surface area contributed by atoms with Crippen molar-refractivity contribution in [3.05, 3.63) is 83.3 Å². The Labute approximate surface area is 149 Å². The van der Waals surface area contributed by atoms with Crippen molar-refractivity contribution >= 4 is 23.2 Å². The van der Waals surface area contributed by atoms with Gasteiger partial charge >= 0.3 is 0 Å². The number of rotatable bonds is 6. The molecule has 0 aliphatic heterocycles. The van der Waals surface area contributed by atoms with Crippen LogP contribution in [0.3, 0.4) is 0 Å². The van der Waals surface area contributed by atoms with Gasteiger partial charge in [0, 0.05) is 10.7 Å². The van der Waals surface area contributed by atoms with Crippen molar-refractivity contribution in [1.82, 2.24) is 0 Å². The molecule has 128 valence electrons. The first-order valence-electron chi connectivity index (χ1n) is 7.63. The molecule has 1 amide bonds. The number of hydrogen-bond acceptors (Lipinski definition) is 4. The van der Waals surface area contributed by atoms with Crippen LogP contribution in [0.25, 0.3) is 0 Å². The second-order valence-corrected chi connectivity index (χ2v) is 5.77. The molecule has 0 radical (unpaired) electrons. The van der Waals surface area contributed by atoms with Gasteiger partial charge in [0.15, 0.2) is 5.76 Å². The molecule has 0 aliphatic rings. The van der Waals surface area contributed by atoms with E-state index in [9.17, 15) is 9.90 Å². The quantitative estimate of drug-likeness (QED) is 0.690. The monoisotopic (exact) mass is 357 g/mol. The highest BCUT2D eigenvalue weighted by Crippen LogP contribution is 2.20. The first-order chi connectivity index (χ1) is 12.1. The lowest BCUT2D eigenvalue weighted by Crippen LogP contribution is -2.11. The second kappa shape index (κ2) is 7.88. The number of amides is 1. The van der Waals surface area contributed by atoms with Gasteiger partial charge in [-0.1, -0.05) is 23.7 Å². The van der Waals surface area contributed by atoms with Crippen LogP contribution in [0.1, 0.15) is 22.2 Å². The Hall–Kier alpha value is -2.76. The summed E-state index contributed by atoms with van der Waals surface area (Å²) in [6.07, 6.45) is 0.688. The van der Waals surface area contributed by atoms with Crippen molar-refractivity contribution in [1.29, 1.82) is 0 Å². The van der Waals surface area contributed by atoms with E-state index in [1.165, 1.54) is 6.26 Å². The standard InChI is InChI=1S/C19H16ClNO4/c20-14-5-3-13(4-6-14)17(22)12-25-16-9-7-15(8-10-16)21-19(23)18-2-1-11-24-18/h1-11,17,22H,12H2,(H,21,23). The third kappa shape index (κ3) is 4.62. The number of halogens is 1. The summed E-state index contributed by atoms with van der Waals surface area (Å²) < 4.78 is 10.6. The number of anilines is 1. The number of furan rings is 1. The fourth-order valence-electron chi connectivity index (χ4n) is 2.19. The van der Waals surface area contributed by atoms with Gasteiger partial charge in [0.2, 0.25) is 0 Å². The van der Waals surface area contributed by atoms with E-state index >= 15 is 0 Å². The van der Waals surface area contributed by atoms with Crippen LogP contribution in [-0.2, 0) is 0 Å². The predicted octanol–water partition coefficient (Wildman–Crippen LogP) is 4.30. The Bertz CT molecular complexity index is 814. The first-order valence-corrected chi connectivity index (χ1v) is 8.01. The van der Waals surface area contributed by atoms with Crippen LogP contribution in [0.4, 0.5) is 5.69 Å². The number of benzene rings is 2. The molecule has 1 atom stereocenters. The average Bonchev–Trinajstić information content (AvgIpc) is 3.16. The van der Waals surface area contributed by atoms with Gasteiger partial charge in [-0.2, -0.15) is 0 Å². The van der Waals surface area contributed by atoms with Gasteiger partial charge in [0.05, 0.1) is 6.26 Å². The van der Waals surface area contributed by atoms with Crippen LogP contribution in [0.5, 0.6) is 5.75 Å². The smallest absolute Gasteiger partial charge is 0.291 e. The lowest BCUT2D eigenvalue weighted by molar-refractivity contribution is 0.0996. The molecule has 0 saturated carbocycles. The van der Waals surface area contributed by atoms with Crippen LogP contribution in [0, 0.1) is 0 Å². The molecule has 25 heavy (non-hydrogen) atoms. The summed E-state index contributed by atoms with van der Waals surface area (Å²) in [5, 5.41) is 13.4. The van der Waals surface area contributed by atoms with E-state index in [2.05, 4.69) is 5.32 Å². The number of nitrogens with one attached hydrogen (secondary N) is 1. The number of aliphatic hydroxyl groups is 1. The Morgan fingerprint density at radius 3 is 2.48 bits per heavy atom. The molecular formula is C19H16ClNO4. The van der Waals surface area contributed by atoms with Crippen LogP contribution >= 0.6 is 11.6 Å². The fourth-order valence-corrected chi connectivity index (χ4v) is 2.32. The molecule has 1 heterocycles. The number of aliphatic hydroxyl groups excluding tert-OH is 1. The second-order valence-electron chi connectivity index (χ2n) is 5.33. The molecule has 3 rings (SSSR count). The molecule has 3 aromatic rings. The normalized spacial score (nSPS) is 11.8. The highest BCUT2D eigenvalue weighted by Gasteiger charge is 2.10. The summed E-state index contributed by atoms with van der Waals surface area (Å²) in [5.41, 5.74) is 1.35. The van der Waals surface area contributed by atoms with E-state index in [1.54, 1.807) is 60.7 Å². The number of carbonyl (C=O) groups is 1. The summed E-state index contributed by atoms with van der Waals surface area (Å²) in [7, 11) is 0. The molecule has 1 unspecified atom stereocenters. The minimum atomic E-state index is -0.754. The molecule has 0 fully saturated rings. The SMILES string of the molecule is O=C(Nc1ccc(OCC(O)c2ccc(Cl)cc2)cc1)c1ccco1. The molecule has 5 nitrogen and oxygen atoms in total. The zero-order chi connectivity index (χ0) is 17.6. The molecule has 0 saturated heterocycles. The van der Waals surface area contributed by atoms with E-state index in [-0.39, 0.29) is 18.3 Å². The Morgan fingerprint density at radius 2 is 1.84 bits per heavy atom. The molecule has 0 aliphatic carbocycles. The van der Waals surface area contributed by atoms with Crippen LogP contribution in [0.2, 0.25) is 5.02 Å². The Kier molecular flexibility index (Phi) is 5.38. The minimum absolute atomic E-state index is 0.111. The fraction of sp³-hybridized carbons (Fsp3) is 0.105. The van der Waals surface area contributed by atoms with Crippen LogP contribution in [0.15, 0.2) is 71.3 Å². The highest BCUT2D eigenvalue weighted by atomic mass is 35.5. The summed E-state index contributed by atoms with van der Waals surface area (Å²) in [5.74, 6) is 0.507. The van der Waals surface area contributed by atoms with E-state index in [0.717, 1.165) is 5.56 Å². The third-order valence-electron chi connectivity index (χ3n) is 3.52. The molecule has 6 heteroatoms. The zero-order valence-corrected chi connectivity index (χ0v) is 13.9. The van der Waals surface area contributed by atoms with Crippen molar-refractivity contribution in [3.8, 4) is 5.75 Å². The predicted molar refractivity (Wildman–Crippen MR) is 95.0 cm³/mol.